The summed E-state index contributed by atoms with van der Waals surface area (Å²) in [6, 6.07) is 10.2. The molecule has 8 heteroatoms. The molecule has 4 heterocycles. The highest BCUT2D eigenvalue weighted by Gasteiger charge is 2.32. The van der Waals surface area contributed by atoms with Gasteiger partial charge >= 0.3 is 5.69 Å². The maximum absolute atomic E-state index is 13.2. The smallest absolute Gasteiger partial charge is 0.342 e. The van der Waals surface area contributed by atoms with Gasteiger partial charge in [-0.05, 0) is 12.8 Å². The highest BCUT2D eigenvalue weighted by Crippen LogP contribution is 2.27. The number of fused-ring (bicyclic) bond motifs is 2. The predicted molar refractivity (Wildman–Crippen MR) is 107 cm³/mol. The molecule has 0 saturated carbocycles. The Morgan fingerprint density at radius 1 is 1.14 bits per heavy atom. The van der Waals surface area contributed by atoms with Crippen LogP contribution in [0.25, 0.3) is 11.3 Å². The Labute approximate surface area is 168 Å². The van der Waals surface area contributed by atoms with Crippen molar-refractivity contribution in [2.75, 3.05) is 13.1 Å². The summed E-state index contributed by atoms with van der Waals surface area (Å²) in [4.78, 5) is 27.4. The van der Waals surface area contributed by atoms with Gasteiger partial charge in [-0.3, -0.25) is 14.5 Å². The molecular formula is C21H24N6O2. The van der Waals surface area contributed by atoms with Gasteiger partial charge in [0.05, 0.1) is 11.6 Å². The number of carbonyl (C=O) groups is 1. The molecule has 150 valence electrons. The second-order valence-corrected chi connectivity index (χ2v) is 7.89. The fraction of sp³-hybridized carbons (Fsp3) is 0.429. The van der Waals surface area contributed by atoms with Crippen molar-refractivity contribution in [1.82, 2.24) is 29.4 Å². The van der Waals surface area contributed by atoms with E-state index in [0.717, 1.165) is 42.0 Å². The third-order valence-electron chi connectivity index (χ3n) is 6.13. The van der Waals surface area contributed by atoms with E-state index in [1.807, 2.05) is 23.1 Å². The van der Waals surface area contributed by atoms with E-state index < -0.39 is 0 Å². The molecule has 29 heavy (non-hydrogen) atoms. The second-order valence-electron chi connectivity index (χ2n) is 7.89. The summed E-state index contributed by atoms with van der Waals surface area (Å²) in [7, 11) is 1.66. The molecule has 0 spiro atoms. The van der Waals surface area contributed by atoms with E-state index in [0.29, 0.717) is 26.1 Å². The molecule has 3 aromatic rings. The van der Waals surface area contributed by atoms with Gasteiger partial charge in [-0.15, -0.1) is 0 Å². The van der Waals surface area contributed by atoms with Gasteiger partial charge in [0.2, 0.25) is 5.91 Å². The fourth-order valence-corrected chi connectivity index (χ4v) is 4.54. The number of aryl methyl sites for hydroxylation is 2. The molecule has 1 N–H and O–H groups in total. The molecule has 0 bridgehead atoms. The molecule has 2 aliphatic heterocycles. The van der Waals surface area contributed by atoms with Crippen LogP contribution in [-0.4, -0.2) is 48.4 Å². The average Bonchev–Trinajstić information content (AvgIpc) is 3.20. The Bertz CT molecular complexity index is 1110. The normalized spacial score (nSPS) is 18.8. The summed E-state index contributed by atoms with van der Waals surface area (Å²) < 4.78 is 3.02. The first-order valence-corrected chi connectivity index (χ1v) is 10.1. The first-order chi connectivity index (χ1) is 14.1. The second kappa shape index (κ2) is 7.02. The minimum absolute atomic E-state index is 0.137. The molecule has 2 aromatic heterocycles. The van der Waals surface area contributed by atoms with Crippen molar-refractivity contribution in [2.24, 2.45) is 13.0 Å². The summed E-state index contributed by atoms with van der Waals surface area (Å²) in [6.45, 7) is 1.78. The monoisotopic (exact) mass is 392 g/mol. The van der Waals surface area contributed by atoms with E-state index in [4.69, 9.17) is 0 Å². The van der Waals surface area contributed by atoms with Crippen LogP contribution in [0.4, 0.5) is 0 Å². The number of amides is 1. The van der Waals surface area contributed by atoms with Crippen LogP contribution < -0.4 is 5.69 Å². The number of nitrogens with one attached hydrogen (secondary N) is 1. The average molecular weight is 392 g/mol. The third-order valence-corrected chi connectivity index (χ3v) is 6.13. The minimum Gasteiger partial charge on any atom is -0.342 e. The van der Waals surface area contributed by atoms with Gasteiger partial charge in [0.25, 0.3) is 0 Å². The van der Waals surface area contributed by atoms with Crippen LogP contribution in [0.15, 0.2) is 35.1 Å². The van der Waals surface area contributed by atoms with E-state index >= 15 is 0 Å². The van der Waals surface area contributed by atoms with E-state index in [2.05, 4.69) is 27.4 Å². The van der Waals surface area contributed by atoms with Crippen LogP contribution >= 0.6 is 0 Å². The first-order valence-electron chi connectivity index (χ1n) is 10.1. The SMILES string of the molecule is Cn1nc2n(c1=O)CC(C(=O)N1CCc3[nH]nc(-c4ccccc4)c3CC1)CC2. The van der Waals surface area contributed by atoms with Crippen molar-refractivity contribution in [3.05, 3.63) is 57.9 Å². The topological polar surface area (TPSA) is 88.8 Å². The summed E-state index contributed by atoms with van der Waals surface area (Å²) in [5, 5.41) is 12.0. The number of hydrogen-bond donors (Lipinski definition) is 1. The van der Waals surface area contributed by atoms with Crippen LogP contribution in [0.2, 0.25) is 0 Å². The Morgan fingerprint density at radius 3 is 2.76 bits per heavy atom. The molecule has 0 radical (unpaired) electrons. The molecule has 0 fully saturated rings. The van der Waals surface area contributed by atoms with Gasteiger partial charge in [-0.1, -0.05) is 30.3 Å². The number of aromatic nitrogens is 5. The third kappa shape index (κ3) is 3.08. The van der Waals surface area contributed by atoms with Crippen molar-refractivity contribution >= 4 is 5.91 Å². The zero-order valence-electron chi connectivity index (χ0n) is 16.5. The molecule has 0 saturated heterocycles. The standard InChI is InChI=1S/C21H24N6O2/c1-25-21(29)27-13-15(7-8-18(27)24-25)20(28)26-11-9-16-17(10-12-26)22-23-19(16)14-5-3-2-4-6-14/h2-6,15H,7-13H2,1H3,(H,22,23). The lowest BCUT2D eigenvalue weighted by Gasteiger charge is -2.28. The molecule has 1 amide bonds. The maximum Gasteiger partial charge on any atom is 0.345 e. The molecule has 0 aliphatic carbocycles. The maximum atomic E-state index is 13.2. The molecule has 2 aliphatic rings. The summed E-state index contributed by atoms with van der Waals surface area (Å²) in [6.07, 6.45) is 2.97. The van der Waals surface area contributed by atoms with Crippen molar-refractivity contribution in [3.8, 4) is 11.3 Å². The van der Waals surface area contributed by atoms with Crippen LogP contribution in [-0.2, 0) is 37.6 Å². The highest BCUT2D eigenvalue weighted by atomic mass is 16.2. The van der Waals surface area contributed by atoms with E-state index in [1.54, 1.807) is 11.6 Å². The van der Waals surface area contributed by atoms with Gasteiger partial charge in [0, 0.05) is 56.3 Å². The number of H-pyrrole nitrogens is 1. The Hall–Kier alpha value is -3.16. The molecule has 5 rings (SSSR count). The summed E-state index contributed by atoms with van der Waals surface area (Å²) in [5.41, 5.74) is 4.27. The Kier molecular flexibility index (Phi) is 4.34. The van der Waals surface area contributed by atoms with Crippen LogP contribution in [0, 0.1) is 5.92 Å². The number of benzene rings is 1. The number of aromatic amines is 1. The predicted octanol–water partition coefficient (Wildman–Crippen LogP) is 1.16. The zero-order chi connectivity index (χ0) is 20.0. The summed E-state index contributed by atoms with van der Waals surface area (Å²) >= 11 is 0. The van der Waals surface area contributed by atoms with Crippen molar-refractivity contribution < 1.29 is 4.79 Å². The lowest BCUT2D eigenvalue weighted by molar-refractivity contribution is -0.136. The quantitative estimate of drug-likeness (QED) is 0.709. The highest BCUT2D eigenvalue weighted by molar-refractivity contribution is 5.79. The molecule has 1 aromatic carbocycles. The van der Waals surface area contributed by atoms with Gasteiger partial charge in [0.15, 0.2) is 0 Å². The number of rotatable bonds is 2. The van der Waals surface area contributed by atoms with Gasteiger partial charge in [-0.25, -0.2) is 9.48 Å². The van der Waals surface area contributed by atoms with E-state index in [9.17, 15) is 9.59 Å². The van der Waals surface area contributed by atoms with E-state index in [1.165, 1.54) is 10.2 Å². The number of carbonyl (C=O) groups excluding carboxylic acids is 1. The van der Waals surface area contributed by atoms with Crippen LogP contribution in [0.5, 0.6) is 0 Å². The zero-order valence-corrected chi connectivity index (χ0v) is 16.5. The summed E-state index contributed by atoms with van der Waals surface area (Å²) in [5.74, 6) is 0.768. The Balaban J connectivity index is 1.32. The molecular weight excluding hydrogens is 368 g/mol. The van der Waals surface area contributed by atoms with Gasteiger partial charge in [-0.2, -0.15) is 10.2 Å². The molecule has 1 unspecified atom stereocenters. The van der Waals surface area contributed by atoms with Crippen molar-refractivity contribution in [3.63, 3.8) is 0 Å². The van der Waals surface area contributed by atoms with Gasteiger partial charge in [0.1, 0.15) is 5.82 Å². The first kappa shape index (κ1) is 17.9. The van der Waals surface area contributed by atoms with E-state index in [-0.39, 0.29) is 17.5 Å². The van der Waals surface area contributed by atoms with Crippen molar-refractivity contribution in [2.45, 2.75) is 32.2 Å². The molecule has 1 atom stereocenters. The van der Waals surface area contributed by atoms with Gasteiger partial charge < -0.3 is 4.90 Å². The molecule has 8 nitrogen and oxygen atoms in total. The lowest BCUT2D eigenvalue weighted by Crippen LogP contribution is -2.42. The Morgan fingerprint density at radius 2 is 1.93 bits per heavy atom. The van der Waals surface area contributed by atoms with Crippen molar-refractivity contribution in [1.29, 1.82) is 0 Å². The minimum atomic E-state index is -0.160. The van der Waals surface area contributed by atoms with Crippen LogP contribution in [0.3, 0.4) is 0 Å². The number of nitrogens with zero attached hydrogens (tertiary/aromatic N) is 5. The lowest BCUT2D eigenvalue weighted by atomic mass is 9.97. The largest absolute Gasteiger partial charge is 0.345 e. The fourth-order valence-electron chi connectivity index (χ4n) is 4.54. The number of hydrogen-bond acceptors (Lipinski definition) is 4. The van der Waals surface area contributed by atoms with Crippen LogP contribution in [0.1, 0.15) is 23.5 Å².